The number of hydrogen-bond donors (Lipinski definition) is 2. The van der Waals surface area contributed by atoms with E-state index >= 15 is 0 Å². The lowest BCUT2D eigenvalue weighted by atomic mass is 10.1. The van der Waals surface area contributed by atoms with Crippen molar-refractivity contribution in [1.29, 1.82) is 0 Å². The molecule has 2 amide bonds. The average molecular weight is 419 g/mol. The molecule has 0 unspecified atom stereocenters. The van der Waals surface area contributed by atoms with E-state index in [1.807, 2.05) is 54.9 Å². The largest absolute Gasteiger partial charge is 0.368 e. The van der Waals surface area contributed by atoms with E-state index in [-0.39, 0.29) is 24.2 Å². The van der Waals surface area contributed by atoms with Crippen LogP contribution in [0.1, 0.15) is 17.8 Å². The standard InChI is InChI=1S/C22H25N7O2/c1-15-3-5-18(6-4-15)29-13-17(11-21(29)30)22(31)25-8-7-24-19-12-20(27-14-26-19)28-10-9-23-16(28)2/h3-6,9-10,12,14,17H,7-8,11,13H2,1-2H3,(H,25,31)(H,24,26,27)/t17-/m0/s1. The van der Waals surface area contributed by atoms with Crippen LogP contribution in [0.4, 0.5) is 11.5 Å². The van der Waals surface area contributed by atoms with Crippen LogP contribution < -0.4 is 15.5 Å². The maximum Gasteiger partial charge on any atom is 0.227 e. The van der Waals surface area contributed by atoms with E-state index in [0.29, 0.717) is 25.5 Å². The molecular weight excluding hydrogens is 394 g/mol. The number of carbonyl (C=O) groups excluding carboxylic acids is 2. The predicted molar refractivity (Wildman–Crippen MR) is 117 cm³/mol. The SMILES string of the molecule is Cc1ccc(N2C[C@@H](C(=O)NCCNc3cc(-n4ccnc4C)ncn3)CC2=O)cc1. The minimum absolute atomic E-state index is 0.0227. The molecule has 1 aliphatic rings. The smallest absolute Gasteiger partial charge is 0.227 e. The molecule has 1 fully saturated rings. The summed E-state index contributed by atoms with van der Waals surface area (Å²) in [7, 11) is 0. The first-order valence-corrected chi connectivity index (χ1v) is 10.2. The summed E-state index contributed by atoms with van der Waals surface area (Å²) in [5.41, 5.74) is 1.97. The van der Waals surface area contributed by atoms with Crippen molar-refractivity contribution in [3.8, 4) is 5.82 Å². The van der Waals surface area contributed by atoms with Gasteiger partial charge in [-0.25, -0.2) is 15.0 Å². The molecule has 3 heterocycles. The summed E-state index contributed by atoms with van der Waals surface area (Å²) < 4.78 is 1.87. The normalized spacial score (nSPS) is 15.9. The van der Waals surface area contributed by atoms with E-state index in [1.165, 1.54) is 6.33 Å². The minimum atomic E-state index is -0.344. The van der Waals surface area contributed by atoms with Gasteiger partial charge in [0.2, 0.25) is 11.8 Å². The van der Waals surface area contributed by atoms with Crippen molar-refractivity contribution in [2.75, 3.05) is 29.9 Å². The van der Waals surface area contributed by atoms with Gasteiger partial charge in [0, 0.05) is 50.2 Å². The summed E-state index contributed by atoms with van der Waals surface area (Å²) in [6.07, 6.45) is 5.27. The van der Waals surface area contributed by atoms with Crippen LogP contribution in [0, 0.1) is 19.8 Å². The van der Waals surface area contributed by atoms with E-state index in [0.717, 1.165) is 22.9 Å². The Labute approximate surface area is 180 Å². The van der Waals surface area contributed by atoms with Gasteiger partial charge in [0.25, 0.3) is 0 Å². The molecule has 0 spiro atoms. The third-order valence-corrected chi connectivity index (χ3v) is 5.30. The molecule has 4 rings (SSSR count). The Bertz CT molecular complexity index is 1080. The van der Waals surface area contributed by atoms with Crippen molar-refractivity contribution in [3.05, 3.63) is 60.4 Å². The Morgan fingerprint density at radius 1 is 1.13 bits per heavy atom. The van der Waals surface area contributed by atoms with Crippen LogP contribution in [0.25, 0.3) is 5.82 Å². The predicted octanol–water partition coefficient (Wildman–Crippen LogP) is 1.86. The van der Waals surface area contributed by atoms with Gasteiger partial charge in [-0.05, 0) is 26.0 Å². The van der Waals surface area contributed by atoms with Gasteiger partial charge in [0.15, 0.2) is 0 Å². The summed E-state index contributed by atoms with van der Waals surface area (Å²) >= 11 is 0. The first-order chi connectivity index (χ1) is 15.0. The number of benzene rings is 1. The van der Waals surface area contributed by atoms with Gasteiger partial charge in [0.05, 0.1) is 5.92 Å². The van der Waals surface area contributed by atoms with Crippen LogP contribution in [0.2, 0.25) is 0 Å². The van der Waals surface area contributed by atoms with Crippen LogP contribution in [-0.4, -0.2) is 51.0 Å². The van der Waals surface area contributed by atoms with Crippen molar-refractivity contribution >= 4 is 23.3 Å². The molecule has 31 heavy (non-hydrogen) atoms. The van der Waals surface area contributed by atoms with E-state index in [9.17, 15) is 9.59 Å². The van der Waals surface area contributed by atoms with Gasteiger partial charge in [-0.1, -0.05) is 17.7 Å². The number of imidazole rings is 1. The van der Waals surface area contributed by atoms with Crippen LogP contribution >= 0.6 is 0 Å². The van der Waals surface area contributed by atoms with Crippen molar-refractivity contribution in [3.63, 3.8) is 0 Å². The van der Waals surface area contributed by atoms with Crippen LogP contribution in [-0.2, 0) is 9.59 Å². The lowest BCUT2D eigenvalue weighted by Crippen LogP contribution is -2.35. The summed E-state index contributed by atoms with van der Waals surface area (Å²) in [5, 5.41) is 6.09. The number of rotatable bonds is 7. The highest BCUT2D eigenvalue weighted by molar-refractivity contribution is 6.00. The summed E-state index contributed by atoms with van der Waals surface area (Å²) in [5.74, 6) is 1.74. The number of hydrogen-bond acceptors (Lipinski definition) is 6. The summed E-state index contributed by atoms with van der Waals surface area (Å²) in [6.45, 7) is 5.24. The minimum Gasteiger partial charge on any atom is -0.368 e. The van der Waals surface area contributed by atoms with E-state index in [2.05, 4.69) is 25.6 Å². The van der Waals surface area contributed by atoms with Gasteiger partial charge < -0.3 is 15.5 Å². The monoisotopic (exact) mass is 419 g/mol. The Hall–Kier alpha value is -3.75. The Morgan fingerprint density at radius 2 is 1.94 bits per heavy atom. The van der Waals surface area contributed by atoms with Crippen molar-refractivity contribution in [1.82, 2.24) is 24.8 Å². The molecule has 2 N–H and O–H groups in total. The van der Waals surface area contributed by atoms with Crippen LogP contribution in [0.5, 0.6) is 0 Å². The molecule has 2 aromatic heterocycles. The number of aromatic nitrogens is 4. The number of amides is 2. The summed E-state index contributed by atoms with van der Waals surface area (Å²) in [6, 6.07) is 9.59. The number of carbonyl (C=O) groups is 2. The van der Waals surface area contributed by atoms with Crippen molar-refractivity contribution in [2.45, 2.75) is 20.3 Å². The zero-order valence-corrected chi connectivity index (χ0v) is 17.6. The molecule has 1 saturated heterocycles. The molecule has 3 aromatic rings. The molecule has 0 aliphatic carbocycles. The molecule has 1 aromatic carbocycles. The van der Waals surface area contributed by atoms with Gasteiger partial charge in [0.1, 0.15) is 23.8 Å². The number of nitrogens with zero attached hydrogens (tertiary/aromatic N) is 5. The Morgan fingerprint density at radius 3 is 2.68 bits per heavy atom. The third-order valence-electron chi connectivity index (χ3n) is 5.30. The lowest BCUT2D eigenvalue weighted by Gasteiger charge is -2.17. The van der Waals surface area contributed by atoms with Crippen molar-refractivity contribution in [2.24, 2.45) is 5.92 Å². The average Bonchev–Trinajstić information content (AvgIpc) is 3.37. The number of aryl methyl sites for hydroxylation is 2. The van der Waals surface area contributed by atoms with Gasteiger partial charge in [-0.3, -0.25) is 14.2 Å². The quantitative estimate of drug-likeness (QED) is 0.567. The fraction of sp³-hybridized carbons (Fsp3) is 0.318. The molecule has 9 heteroatoms. The van der Waals surface area contributed by atoms with E-state index in [4.69, 9.17) is 0 Å². The fourth-order valence-electron chi connectivity index (χ4n) is 3.57. The maximum atomic E-state index is 12.5. The molecule has 1 aliphatic heterocycles. The highest BCUT2D eigenvalue weighted by atomic mass is 16.2. The number of nitrogens with one attached hydrogen (secondary N) is 2. The lowest BCUT2D eigenvalue weighted by molar-refractivity contribution is -0.126. The van der Waals surface area contributed by atoms with Crippen molar-refractivity contribution < 1.29 is 9.59 Å². The second kappa shape index (κ2) is 8.95. The highest BCUT2D eigenvalue weighted by Crippen LogP contribution is 2.25. The second-order valence-electron chi connectivity index (χ2n) is 7.56. The molecule has 0 radical (unpaired) electrons. The molecule has 0 saturated carbocycles. The fourth-order valence-corrected chi connectivity index (χ4v) is 3.57. The van der Waals surface area contributed by atoms with E-state index < -0.39 is 0 Å². The molecule has 0 bridgehead atoms. The molecule has 9 nitrogen and oxygen atoms in total. The van der Waals surface area contributed by atoms with Gasteiger partial charge >= 0.3 is 0 Å². The van der Waals surface area contributed by atoms with E-state index in [1.54, 1.807) is 11.1 Å². The summed E-state index contributed by atoms with van der Waals surface area (Å²) in [4.78, 5) is 39.2. The maximum absolute atomic E-state index is 12.5. The van der Waals surface area contributed by atoms with Crippen LogP contribution in [0.15, 0.2) is 49.1 Å². The zero-order valence-electron chi connectivity index (χ0n) is 17.6. The number of anilines is 2. The van der Waals surface area contributed by atoms with Crippen LogP contribution in [0.3, 0.4) is 0 Å². The second-order valence-corrected chi connectivity index (χ2v) is 7.56. The Balaban J connectivity index is 1.26. The first kappa shape index (κ1) is 20.5. The molecular formula is C22H25N7O2. The Kier molecular flexibility index (Phi) is 5.92. The third kappa shape index (κ3) is 4.71. The first-order valence-electron chi connectivity index (χ1n) is 10.2. The molecule has 160 valence electrons. The van der Waals surface area contributed by atoms with Gasteiger partial charge in [-0.15, -0.1) is 0 Å². The molecule has 1 atom stereocenters. The zero-order chi connectivity index (χ0) is 21.8. The topological polar surface area (TPSA) is 105 Å². The van der Waals surface area contributed by atoms with Gasteiger partial charge in [-0.2, -0.15) is 0 Å². The highest BCUT2D eigenvalue weighted by Gasteiger charge is 2.34.